The first kappa shape index (κ1) is 17.1. The normalized spacial score (nSPS) is 15.7. The van der Waals surface area contributed by atoms with Gasteiger partial charge >= 0.3 is 0 Å². The first-order chi connectivity index (χ1) is 11.5. The Morgan fingerprint density at radius 3 is 2.58 bits per heavy atom. The molecule has 2 aromatic carbocycles. The van der Waals surface area contributed by atoms with Crippen LogP contribution in [0, 0.1) is 0 Å². The van der Waals surface area contributed by atoms with Crippen molar-refractivity contribution < 1.29 is 9.47 Å². The minimum Gasteiger partial charge on any atom is -0.486 e. The molecule has 126 valence electrons. The van der Waals surface area contributed by atoms with Gasteiger partial charge in [0.2, 0.25) is 0 Å². The number of rotatable bonds is 3. The number of fused-ring (bicyclic) bond motifs is 1. The molecule has 0 radical (unpaired) electrons. The minimum absolute atomic E-state index is 0.104. The van der Waals surface area contributed by atoms with E-state index in [2.05, 4.69) is 5.32 Å². The molecular weight excluding hydrogens is 367 g/mol. The molecule has 0 fully saturated rings. The van der Waals surface area contributed by atoms with E-state index in [1.165, 1.54) is 0 Å². The van der Waals surface area contributed by atoms with Crippen LogP contribution in [0.15, 0.2) is 42.5 Å². The maximum absolute atomic E-state index is 6.00. The molecule has 0 aliphatic carbocycles. The molecular formula is C17H16Cl2N2O2S. The summed E-state index contributed by atoms with van der Waals surface area (Å²) >= 11 is 17.4. The van der Waals surface area contributed by atoms with Crippen LogP contribution in [0.3, 0.4) is 0 Å². The number of ether oxygens (including phenoxy) is 2. The lowest BCUT2D eigenvalue weighted by atomic mass is 10.2. The van der Waals surface area contributed by atoms with Crippen LogP contribution in [0.1, 0.15) is 0 Å². The van der Waals surface area contributed by atoms with E-state index >= 15 is 0 Å². The van der Waals surface area contributed by atoms with E-state index in [9.17, 15) is 0 Å². The van der Waals surface area contributed by atoms with E-state index in [0.29, 0.717) is 28.3 Å². The van der Waals surface area contributed by atoms with E-state index < -0.39 is 0 Å². The molecule has 0 saturated heterocycles. The molecule has 0 aromatic heterocycles. The quantitative estimate of drug-likeness (QED) is 0.792. The number of benzene rings is 2. The third-order valence-corrected chi connectivity index (χ3v) is 4.36. The van der Waals surface area contributed by atoms with E-state index in [1.807, 2.05) is 36.2 Å². The van der Waals surface area contributed by atoms with Gasteiger partial charge in [0.05, 0.1) is 6.54 Å². The third kappa shape index (κ3) is 4.23. The van der Waals surface area contributed by atoms with Crippen LogP contribution in [-0.4, -0.2) is 36.3 Å². The first-order valence-electron chi connectivity index (χ1n) is 7.38. The second kappa shape index (κ2) is 7.47. The van der Waals surface area contributed by atoms with Crippen LogP contribution >= 0.6 is 35.4 Å². The highest BCUT2D eigenvalue weighted by Crippen LogP contribution is 2.31. The van der Waals surface area contributed by atoms with Gasteiger partial charge in [-0.3, -0.25) is 0 Å². The van der Waals surface area contributed by atoms with Crippen molar-refractivity contribution in [3.05, 3.63) is 52.5 Å². The largest absolute Gasteiger partial charge is 0.486 e. The number of hydrogen-bond donors (Lipinski definition) is 1. The Hall–Kier alpha value is -1.69. The predicted octanol–water partition coefficient (Wildman–Crippen LogP) is 4.46. The summed E-state index contributed by atoms with van der Waals surface area (Å²) < 4.78 is 11.7. The van der Waals surface area contributed by atoms with Gasteiger partial charge in [0.25, 0.3) is 0 Å². The van der Waals surface area contributed by atoms with E-state index in [-0.39, 0.29) is 6.10 Å². The average molecular weight is 383 g/mol. The van der Waals surface area contributed by atoms with Crippen molar-refractivity contribution in [3.8, 4) is 11.5 Å². The lowest BCUT2D eigenvalue weighted by molar-refractivity contribution is 0.0784. The van der Waals surface area contributed by atoms with Crippen molar-refractivity contribution in [2.45, 2.75) is 6.10 Å². The smallest absolute Gasteiger partial charge is 0.173 e. The van der Waals surface area contributed by atoms with Crippen molar-refractivity contribution in [1.82, 2.24) is 4.90 Å². The van der Waals surface area contributed by atoms with Gasteiger partial charge < -0.3 is 19.7 Å². The summed E-state index contributed by atoms with van der Waals surface area (Å²) in [5.74, 6) is 1.52. The molecule has 7 heteroatoms. The number of para-hydroxylation sites is 2. The fourth-order valence-electron chi connectivity index (χ4n) is 2.39. The van der Waals surface area contributed by atoms with Crippen LogP contribution in [-0.2, 0) is 0 Å². The first-order valence-corrected chi connectivity index (χ1v) is 8.54. The molecule has 24 heavy (non-hydrogen) atoms. The standard InChI is InChI=1S/C17H16Cl2N2O2S/c1-21(17(24)20-13-7-11(18)6-12(19)8-13)9-14-10-22-15-4-2-3-5-16(15)23-14/h2-8,14H,9-10H2,1H3,(H,20,24)/t14-/m1/s1. The summed E-state index contributed by atoms with van der Waals surface area (Å²) in [6.45, 7) is 1.07. The Kier molecular flexibility index (Phi) is 5.33. The lowest BCUT2D eigenvalue weighted by Crippen LogP contribution is -2.43. The molecule has 0 spiro atoms. The van der Waals surface area contributed by atoms with E-state index in [1.54, 1.807) is 18.2 Å². The predicted molar refractivity (Wildman–Crippen MR) is 102 cm³/mol. The van der Waals surface area contributed by atoms with Gasteiger partial charge in [-0.2, -0.15) is 0 Å². The minimum atomic E-state index is -0.104. The highest BCUT2D eigenvalue weighted by molar-refractivity contribution is 7.80. The Morgan fingerprint density at radius 1 is 1.21 bits per heavy atom. The van der Waals surface area contributed by atoms with Gasteiger partial charge in [0.15, 0.2) is 22.7 Å². The van der Waals surface area contributed by atoms with Gasteiger partial charge in [-0.15, -0.1) is 0 Å². The molecule has 3 rings (SSSR count). The van der Waals surface area contributed by atoms with Crippen molar-refractivity contribution in [3.63, 3.8) is 0 Å². The van der Waals surface area contributed by atoms with Crippen molar-refractivity contribution >= 4 is 46.2 Å². The average Bonchev–Trinajstić information content (AvgIpc) is 2.53. The highest BCUT2D eigenvalue weighted by atomic mass is 35.5. The number of thiocarbonyl (C=S) groups is 1. The van der Waals surface area contributed by atoms with Gasteiger partial charge in [0, 0.05) is 22.8 Å². The summed E-state index contributed by atoms with van der Waals surface area (Å²) in [6.07, 6.45) is -0.104. The van der Waals surface area contributed by atoms with Crippen LogP contribution in [0.4, 0.5) is 5.69 Å². The molecule has 1 aliphatic heterocycles. The number of halogens is 2. The second-order valence-corrected chi connectivity index (χ2v) is 6.73. The van der Waals surface area contributed by atoms with E-state index in [0.717, 1.165) is 17.2 Å². The molecule has 1 atom stereocenters. The van der Waals surface area contributed by atoms with Crippen LogP contribution in [0.2, 0.25) is 10.0 Å². The molecule has 0 amide bonds. The van der Waals surface area contributed by atoms with Crippen molar-refractivity contribution in [2.24, 2.45) is 0 Å². The second-order valence-electron chi connectivity index (χ2n) is 5.47. The maximum Gasteiger partial charge on any atom is 0.173 e. The molecule has 0 unspecified atom stereocenters. The molecule has 4 nitrogen and oxygen atoms in total. The number of likely N-dealkylation sites (N-methyl/N-ethyl adjacent to an activating group) is 1. The summed E-state index contributed by atoms with van der Waals surface area (Å²) in [5.41, 5.74) is 0.746. The molecule has 1 N–H and O–H groups in total. The Balaban J connectivity index is 1.59. The summed E-state index contributed by atoms with van der Waals surface area (Å²) in [4.78, 5) is 1.89. The molecule has 0 saturated carbocycles. The summed E-state index contributed by atoms with van der Waals surface area (Å²) in [6, 6.07) is 12.8. The van der Waals surface area contributed by atoms with Gasteiger partial charge in [-0.05, 0) is 42.5 Å². The molecule has 1 heterocycles. The van der Waals surface area contributed by atoms with Gasteiger partial charge in [0.1, 0.15) is 6.61 Å². The third-order valence-electron chi connectivity index (χ3n) is 3.51. The number of nitrogens with one attached hydrogen (secondary N) is 1. The van der Waals surface area contributed by atoms with Gasteiger partial charge in [-0.1, -0.05) is 35.3 Å². The van der Waals surface area contributed by atoms with Crippen LogP contribution in [0.5, 0.6) is 11.5 Å². The number of hydrogen-bond acceptors (Lipinski definition) is 3. The van der Waals surface area contributed by atoms with Crippen molar-refractivity contribution in [1.29, 1.82) is 0 Å². The molecule has 2 aromatic rings. The summed E-state index contributed by atoms with van der Waals surface area (Å²) in [5, 5.41) is 4.78. The monoisotopic (exact) mass is 382 g/mol. The zero-order valence-electron chi connectivity index (χ0n) is 13.0. The number of nitrogens with zero attached hydrogens (tertiary/aromatic N) is 1. The SMILES string of the molecule is CN(C[C@@H]1COc2ccccc2O1)C(=S)Nc1cc(Cl)cc(Cl)c1. The van der Waals surface area contributed by atoms with Crippen LogP contribution < -0.4 is 14.8 Å². The van der Waals surface area contributed by atoms with Crippen molar-refractivity contribution in [2.75, 3.05) is 25.5 Å². The fraction of sp³-hybridized carbons (Fsp3) is 0.235. The Morgan fingerprint density at radius 2 is 1.88 bits per heavy atom. The fourth-order valence-corrected chi connectivity index (χ4v) is 3.10. The topological polar surface area (TPSA) is 33.7 Å². The maximum atomic E-state index is 6.00. The van der Waals surface area contributed by atoms with Crippen LogP contribution in [0.25, 0.3) is 0 Å². The van der Waals surface area contributed by atoms with Gasteiger partial charge in [-0.25, -0.2) is 0 Å². The highest BCUT2D eigenvalue weighted by Gasteiger charge is 2.22. The summed E-state index contributed by atoms with van der Waals surface area (Å²) in [7, 11) is 1.89. The lowest BCUT2D eigenvalue weighted by Gasteiger charge is -2.30. The van der Waals surface area contributed by atoms with E-state index in [4.69, 9.17) is 44.9 Å². The number of anilines is 1. The molecule has 1 aliphatic rings. The zero-order chi connectivity index (χ0) is 17.1. The Labute approximate surface area is 156 Å². The Bertz CT molecular complexity index is 737. The zero-order valence-corrected chi connectivity index (χ0v) is 15.3. The molecule has 0 bridgehead atoms.